The zero-order valence-corrected chi connectivity index (χ0v) is 10.2. The van der Waals surface area contributed by atoms with Gasteiger partial charge >= 0.3 is 0 Å². The van der Waals surface area contributed by atoms with E-state index in [0.717, 1.165) is 18.9 Å². The highest BCUT2D eigenvalue weighted by Crippen LogP contribution is 2.49. The third-order valence-electron chi connectivity index (χ3n) is 4.51. The fourth-order valence-electron chi connectivity index (χ4n) is 3.04. The maximum Gasteiger partial charge on any atom is 0.149 e. The number of pyridine rings is 1. The Kier molecular flexibility index (Phi) is 2.38. The van der Waals surface area contributed by atoms with E-state index in [0.29, 0.717) is 16.9 Å². The van der Waals surface area contributed by atoms with Gasteiger partial charge in [-0.2, -0.15) is 0 Å². The molecule has 1 saturated carbocycles. The zero-order valence-electron chi connectivity index (χ0n) is 10.2. The first kappa shape index (κ1) is 10.7. The first-order valence-electron chi connectivity index (χ1n) is 6.46. The maximum atomic E-state index is 5.76. The maximum absolute atomic E-state index is 5.76. The van der Waals surface area contributed by atoms with E-state index in [1.807, 2.05) is 12.1 Å². The van der Waals surface area contributed by atoms with Crippen molar-refractivity contribution >= 4 is 17.3 Å². The molecule has 2 heterocycles. The van der Waals surface area contributed by atoms with E-state index in [2.05, 4.69) is 9.88 Å². The summed E-state index contributed by atoms with van der Waals surface area (Å²) < 4.78 is 0. The highest BCUT2D eigenvalue weighted by molar-refractivity contribution is 5.62. The fourth-order valence-corrected chi connectivity index (χ4v) is 3.04. The molecule has 0 amide bonds. The minimum Gasteiger partial charge on any atom is -0.396 e. The van der Waals surface area contributed by atoms with Gasteiger partial charge in [-0.1, -0.05) is 6.42 Å². The van der Waals surface area contributed by atoms with Crippen LogP contribution in [0.2, 0.25) is 0 Å². The van der Waals surface area contributed by atoms with Crippen molar-refractivity contribution in [2.75, 3.05) is 29.5 Å². The van der Waals surface area contributed by atoms with Crippen molar-refractivity contribution < 1.29 is 0 Å². The van der Waals surface area contributed by atoms with Crippen molar-refractivity contribution in [1.29, 1.82) is 0 Å². The summed E-state index contributed by atoms with van der Waals surface area (Å²) in [4.78, 5) is 6.70. The van der Waals surface area contributed by atoms with E-state index in [-0.39, 0.29) is 0 Å². The smallest absolute Gasteiger partial charge is 0.149 e. The largest absolute Gasteiger partial charge is 0.396 e. The van der Waals surface area contributed by atoms with Crippen LogP contribution < -0.4 is 16.4 Å². The van der Waals surface area contributed by atoms with Gasteiger partial charge in [-0.15, -0.1) is 0 Å². The fraction of sp³-hybridized carbons (Fsp3) is 0.615. The van der Waals surface area contributed by atoms with Crippen LogP contribution in [0, 0.1) is 5.41 Å². The molecular formula is C13H20N4. The SMILES string of the molecule is Nc1ccc(N2CCC3(CCC3)CC2)nc1N. The van der Waals surface area contributed by atoms with Crippen LogP contribution in [-0.2, 0) is 0 Å². The number of piperidine rings is 1. The zero-order chi connectivity index (χ0) is 11.9. The molecule has 1 spiro atoms. The van der Waals surface area contributed by atoms with E-state index >= 15 is 0 Å². The lowest BCUT2D eigenvalue weighted by molar-refractivity contribution is 0.0953. The molecule has 1 aromatic rings. The van der Waals surface area contributed by atoms with Crippen molar-refractivity contribution in [3.63, 3.8) is 0 Å². The van der Waals surface area contributed by atoms with E-state index in [1.54, 1.807) is 0 Å². The first-order chi connectivity index (χ1) is 8.19. The molecule has 1 aliphatic heterocycles. The molecule has 4 nitrogen and oxygen atoms in total. The lowest BCUT2D eigenvalue weighted by atomic mass is 9.63. The predicted molar refractivity (Wildman–Crippen MR) is 70.8 cm³/mol. The number of anilines is 3. The number of aromatic nitrogens is 1. The Hall–Kier alpha value is -1.45. The highest BCUT2D eigenvalue weighted by atomic mass is 15.2. The molecule has 2 aliphatic rings. The molecule has 0 bridgehead atoms. The van der Waals surface area contributed by atoms with Crippen molar-refractivity contribution in [3.8, 4) is 0 Å². The minimum atomic E-state index is 0.450. The topological polar surface area (TPSA) is 68.2 Å². The first-order valence-corrected chi connectivity index (χ1v) is 6.46. The Morgan fingerprint density at radius 3 is 2.29 bits per heavy atom. The Morgan fingerprint density at radius 1 is 1.06 bits per heavy atom. The second-order valence-electron chi connectivity index (χ2n) is 5.48. The number of rotatable bonds is 1. The molecule has 0 unspecified atom stereocenters. The summed E-state index contributed by atoms with van der Waals surface area (Å²) in [5, 5.41) is 0. The molecule has 17 heavy (non-hydrogen) atoms. The summed E-state index contributed by atoms with van der Waals surface area (Å²) >= 11 is 0. The van der Waals surface area contributed by atoms with Crippen molar-refractivity contribution in [3.05, 3.63) is 12.1 Å². The molecule has 1 saturated heterocycles. The summed E-state index contributed by atoms with van der Waals surface area (Å²) in [6.07, 6.45) is 6.89. The van der Waals surface area contributed by atoms with Gasteiger partial charge in [0.2, 0.25) is 0 Å². The third kappa shape index (κ3) is 1.81. The Bertz CT molecular complexity index is 415. The molecule has 0 radical (unpaired) electrons. The molecule has 92 valence electrons. The normalized spacial score (nSPS) is 22.5. The number of nitrogens with zero attached hydrogens (tertiary/aromatic N) is 2. The number of hydrogen-bond donors (Lipinski definition) is 2. The minimum absolute atomic E-state index is 0.450. The molecule has 4 heteroatoms. The van der Waals surface area contributed by atoms with Gasteiger partial charge < -0.3 is 16.4 Å². The quantitative estimate of drug-likeness (QED) is 0.777. The number of nitrogen functional groups attached to an aromatic ring is 2. The van der Waals surface area contributed by atoms with Gasteiger partial charge in [0, 0.05) is 13.1 Å². The van der Waals surface area contributed by atoms with E-state index in [4.69, 9.17) is 11.5 Å². The second-order valence-corrected chi connectivity index (χ2v) is 5.48. The molecule has 4 N–H and O–H groups in total. The van der Waals surface area contributed by atoms with Gasteiger partial charge in [-0.05, 0) is 43.2 Å². The van der Waals surface area contributed by atoms with Crippen LogP contribution in [0.5, 0.6) is 0 Å². The van der Waals surface area contributed by atoms with Crippen LogP contribution in [0.4, 0.5) is 17.3 Å². The molecule has 3 rings (SSSR count). The van der Waals surface area contributed by atoms with Gasteiger partial charge in [0.1, 0.15) is 11.6 Å². The average molecular weight is 232 g/mol. The van der Waals surface area contributed by atoms with Crippen LogP contribution in [-0.4, -0.2) is 18.1 Å². The van der Waals surface area contributed by atoms with Crippen LogP contribution >= 0.6 is 0 Å². The van der Waals surface area contributed by atoms with Gasteiger partial charge in [0.05, 0.1) is 5.69 Å². The van der Waals surface area contributed by atoms with Gasteiger partial charge in [0.25, 0.3) is 0 Å². The van der Waals surface area contributed by atoms with E-state index in [1.165, 1.54) is 32.1 Å². The van der Waals surface area contributed by atoms with Gasteiger partial charge in [-0.25, -0.2) is 4.98 Å². The third-order valence-corrected chi connectivity index (χ3v) is 4.51. The molecule has 1 aromatic heterocycles. The molecule has 2 fully saturated rings. The highest BCUT2D eigenvalue weighted by Gasteiger charge is 2.39. The summed E-state index contributed by atoms with van der Waals surface area (Å²) in [6, 6.07) is 3.83. The monoisotopic (exact) mass is 232 g/mol. The van der Waals surface area contributed by atoms with Crippen molar-refractivity contribution in [1.82, 2.24) is 4.98 Å². The molecule has 0 atom stereocenters. The van der Waals surface area contributed by atoms with Crippen LogP contribution in [0.15, 0.2) is 12.1 Å². The average Bonchev–Trinajstić information content (AvgIpc) is 2.31. The predicted octanol–water partition coefficient (Wildman–Crippen LogP) is 2.02. The second kappa shape index (κ2) is 3.79. The van der Waals surface area contributed by atoms with Gasteiger partial charge in [0.15, 0.2) is 0 Å². The summed E-state index contributed by atoms with van der Waals surface area (Å²) in [6.45, 7) is 2.21. The lowest BCUT2D eigenvalue weighted by Gasteiger charge is -2.48. The van der Waals surface area contributed by atoms with Crippen LogP contribution in [0.1, 0.15) is 32.1 Å². The number of hydrogen-bond acceptors (Lipinski definition) is 4. The van der Waals surface area contributed by atoms with E-state index < -0.39 is 0 Å². The Balaban J connectivity index is 1.71. The van der Waals surface area contributed by atoms with Crippen molar-refractivity contribution in [2.24, 2.45) is 5.41 Å². The van der Waals surface area contributed by atoms with E-state index in [9.17, 15) is 0 Å². The standard InChI is InChI=1S/C13H20N4/c14-10-2-3-11(16-12(10)15)17-8-6-13(7-9-17)4-1-5-13/h2-3H,1,4-9,14H2,(H2,15,16). The molecule has 0 aromatic carbocycles. The van der Waals surface area contributed by atoms with Crippen LogP contribution in [0.25, 0.3) is 0 Å². The Morgan fingerprint density at radius 2 is 1.76 bits per heavy atom. The van der Waals surface area contributed by atoms with Crippen LogP contribution in [0.3, 0.4) is 0 Å². The van der Waals surface area contributed by atoms with Gasteiger partial charge in [-0.3, -0.25) is 0 Å². The summed E-state index contributed by atoms with van der Waals surface area (Å²) in [5.41, 5.74) is 12.7. The lowest BCUT2D eigenvalue weighted by Crippen LogP contribution is -2.43. The number of nitrogens with two attached hydrogens (primary N) is 2. The molecule has 1 aliphatic carbocycles. The Labute approximate surface area is 102 Å². The molecular weight excluding hydrogens is 212 g/mol. The summed E-state index contributed by atoms with van der Waals surface area (Å²) in [7, 11) is 0. The summed E-state index contributed by atoms with van der Waals surface area (Å²) in [5.74, 6) is 1.43. The van der Waals surface area contributed by atoms with Crippen molar-refractivity contribution in [2.45, 2.75) is 32.1 Å².